The largest absolute Gasteiger partial charge is 0.507 e. The molecule has 0 saturated carbocycles. The third kappa shape index (κ3) is 7.22. The average Bonchev–Trinajstić information content (AvgIpc) is 3.08. The van der Waals surface area contributed by atoms with Crippen LogP contribution in [-0.4, -0.2) is 58.2 Å². The molecule has 1 fully saturated rings. The molecule has 1 unspecified atom stereocenters. The van der Waals surface area contributed by atoms with Crippen LogP contribution in [0.3, 0.4) is 0 Å². The van der Waals surface area contributed by atoms with E-state index in [1.165, 1.54) is 0 Å². The molecule has 1 amide bonds. The lowest BCUT2D eigenvalue weighted by molar-refractivity contribution is -0.0282. The van der Waals surface area contributed by atoms with Gasteiger partial charge in [-0.15, -0.1) is 0 Å². The van der Waals surface area contributed by atoms with Crippen molar-refractivity contribution in [1.29, 1.82) is 0 Å². The second-order valence-electron chi connectivity index (χ2n) is 10.9. The number of likely N-dealkylation sites (tertiary alicyclic amines) is 1. The minimum atomic E-state index is -0.302. The van der Waals surface area contributed by atoms with E-state index in [2.05, 4.69) is 32.3 Å². The van der Waals surface area contributed by atoms with Gasteiger partial charge in [0.1, 0.15) is 24.2 Å². The second kappa shape index (κ2) is 14.1. The van der Waals surface area contributed by atoms with Gasteiger partial charge >= 0.3 is 0 Å². The normalized spacial score (nSPS) is 14.7. The number of fused-ring (bicyclic) bond motifs is 1. The van der Waals surface area contributed by atoms with Crippen LogP contribution >= 0.6 is 0 Å². The summed E-state index contributed by atoms with van der Waals surface area (Å²) in [6.07, 6.45) is 5.26. The Morgan fingerprint density at radius 3 is 2.43 bits per heavy atom. The van der Waals surface area contributed by atoms with Gasteiger partial charge in [-0.1, -0.05) is 54.6 Å². The first-order valence-electron chi connectivity index (χ1n) is 15.0. The van der Waals surface area contributed by atoms with Gasteiger partial charge in [-0.2, -0.15) is 0 Å². The summed E-state index contributed by atoms with van der Waals surface area (Å²) in [7, 11) is 0. The first-order chi connectivity index (χ1) is 21.6. The van der Waals surface area contributed by atoms with Crippen molar-refractivity contribution in [2.45, 2.75) is 31.7 Å². The number of carbonyl (C=O) groups excluding carboxylic acids is 1. The molecule has 2 N–H and O–H groups in total. The van der Waals surface area contributed by atoms with Crippen molar-refractivity contribution in [3.63, 3.8) is 0 Å². The van der Waals surface area contributed by atoms with E-state index in [0.717, 1.165) is 60.2 Å². The van der Waals surface area contributed by atoms with Crippen molar-refractivity contribution in [2.24, 2.45) is 0 Å². The summed E-state index contributed by atoms with van der Waals surface area (Å²) in [5.41, 5.74) is 3.06. The summed E-state index contributed by atoms with van der Waals surface area (Å²) in [6, 6.07) is 30.7. The molecule has 1 saturated heterocycles. The number of nitrogens with zero attached hydrogens (tertiary/aromatic N) is 3. The van der Waals surface area contributed by atoms with E-state index in [9.17, 15) is 9.90 Å². The summed E-state index contributed by atoms with van der Waals surface area (Å²) in [5, 5.41) is 15.3. The number of aromatic hydroxyl groups is 1. The van der Waals surface area contributed by atoms with Gasteiger partial charge in [0.25, 0.3) is 5.91 Å². The Morgan fingerprint density at radius 2 is 1.68 bits per heavy atom. The molecule has 1 aliphatic rings. The van der Waals surface area contributed by atoms with Crippen LogP contribution in [0.2, 0.25) is 0 Å². The fourth-order valence-corrected chi connectivity index (χ4v) is 5.59. The lowest BCUT2D eigenvalue weighted by Crippen LogP contribution is -2.41. The van der Waals surface area contributed by atoms with Crippen molar-refractivity contribution in [3.05, 3.63) is 132 Å². The summed E-state index contributed by atoms with van der Waals surface area (Å²) < 4.78 is 12.6. The third-order valence-corrected chi connectivity index (χ3v) is 7.94. The van der Waals surface area contributed by atoms with E-state index >= 15 is 0 Å². The number of phenols is 1. The number of benzene rings is 3. The number of aromatic nitrogens is 2. The lowest BCUT2D eigenvalue weighted by atomic mass is 10.0. The van der Waals surface area contributed by atoms with Crippen LogP contribution in [0.4, 0.5) is 0 Å². The predicted molar refractivity (Wildman–Crippen MR) is 170 cm³/mol. The van der Waals surface area contributed by atoms with Crippen molar-refractivity contribution in [2.75, 3.05) is 26.2 Å². The molecule has 6 rings (SSSR count). The highest BCUT2D eigenvalue weighted by Crippen LogP contribution is 2.32. The molecule has 3 heterocycles. The monoisotopic (exact) mass is 588 g/mol. The van der Waals surface area contributed by atoms with Gasteiger partial charge in [-0.25, -0.2) is 0 Å². The van der Waals surface area contributed by atoms with Gasteiger partial charge in [0.15, 0.2) is 0 Å². The standard InChI is InChI=1S/C36H36N4O4/c41-33-24-30-27(11-8-14-34(30)43-25-28-12-4-6-17-37-28)23-31(33)36(42)39-19-22-40-20-15-29(16-21-40)44-35(26-9-2-1-3-10-26)32-13-5-7-18-38-32/h1-14,17-18,23-24,29,35,41H,15-16,19-22,25H2,(H,39,42). The number of rotatable bonds is 11. The third-order valence-electron chi connectivity index (χ3n) is 7.94. The number of piperidine rings is 1. The van der Waals surface area contributed by atoms with Crippen molar-refractivity contribution in [3.8, 4) is 11.5 Å². The maximum absolute atomic E-state index is 13.0. The number of amides is 1. The van der Waals surface area contributed by atoms with E-state index in [0.29, 0.717) is 18.9 Å². The molecular formula is C36H36N4O4. The SMILES string of the molecule is O=C(NCCN1CCC(OC(c2ccccc2)c2ccccn2)CC1)c1cc2cccc(OCc3ccccn3)c2cc1O. The molecule has 5 aromatic rings. The van der Waals surface area contributed by atoms with Crippen LogP contribution in [0.1, 0.15) is 46.3 Å². The lowest BCUT2D eigenvalue weighted by Gasteiger charge is -2.34. The Labute approximate surface area is 257 Å². The van der Waals surface area contributed by atoms with Gasteiger partial charge < -0.3 is 24.8 Å². The molecule has 1 atom stereocenters. The molecule has 44 heavy (non-hydrogen) atoms. The van der Waals surface area contributed by atoms with E-state index < -0.39 is 0 Å². The Hall–Kier alpha value is -4.79. The average molecular weight is 589 g/mol. The Balaban J connectivity index is 1.00. The molecule has 2 aromatic heterocycles. The number of carbonyl (C=O) groups is 1. The smallest absolute Gasteiger partial charge is 0.255 e. The quantitative estimate of drug-likeness (QED) is 0.198. The molecule has 3 aromatic carbocycles. The van der Waals surface area contributed by atoms with Gasteiger partial charge in [-0.3, -0.25) is 14.8 Å². The fourth-order valence-electron chi connectivity index (χ4n) is 5.59. The maximum Gasteiger partial charge on any atom is 0.255 e. The Morgan fingerprint density at radius 1 is 0.909 bits per heavy atom. The van der Waals surface area contributed by atoms with E-state index in [1.807, 2.05) is 72.8 Å². The number of nitrogens with one attached hydrogen (secondary N) is 1. The number of phenolic OH excluding ortho intramolecular Hbond substituents is 1. The van der Waals surface area contributed by atoms with Crippen molar-refractivity contribution in [1.82, 2.24) is 20.2 Å². The summed E-state index contributed by atoms with van der Waals surface area (Å²) >= 11 is 0. The summed E-state index contributed by atoms with van der Waals surface area (Å²) in [5.74, 6) is 0.240. The maximum atomic E-state index is 13.0. The molecule has 1 aliphatic heterocycles. The van der Waals surface area contributed by atoms with Crippen LogP contribution in [0.25, 0.3) is 10.8 Å². The first-order valence-corrected chi connectivity index (χ1v) is 15.0. The highest BCUT2D eigenvalue weighted by Gasteiger charge is 2.25. The predicted octanol–water partition coefficient (Wildman–Crippen LogP) is 5.91. The van der Waals surface area contributed by atoms with Gasteiger partial charge in [0.2, 0.25) is 0 Å². The summed E-state index contributed by atoms with van der Waals surface area (Å²) in [6.45, 7) is 3.28. The zero-order valence-corrected chi connectivity index (χ0v) is 24.5. The summed E-state index contributed by atoms with van der Waals surface area (Å²) in [4.78, 5) is 24.2. The molecule has 8 heteroatoms. The molecular weight excluding hydrogens is 552 g/mol. The van der Waals surface area contributed by atoms with Crippen LogP contribution in [-0.2, 0) is 11.3 Å². The topological polar surface area (TPSA) is 96.8 Å². The van der Waals surface area contributed by atoms with E-state index in [1.54, 1.807) is 24.5 Å². The second-order valence-corrected chi connectivity index (χ2v) is 10.9. The number of ether oxygens (including phenoxy) is 2. The minimum Gasteiger partial charge on any atom is -0.507 e. The van der Waals surface area contributed by atoms with E-state index in [-0.39, 0.29) is 29.4 Å². The number of hydrogen-bond acceptors (Lipinski definition) is 7. The Bertz CT molecular complexity index is 1620. The Kier molecular flexibility index (Phi) is 9.40. The van der Waals surface area contributed by atoms with Crippen LogP contribution in [0.5, 0.6) is 11.5 Å². The molecule has 0 radical (unpaired) electrons. The molecule has 0 aliphatic carbocycles. The van der Waals surface area contributed by atoms with Gasteiger partial charge in [-0.05, 0) is 66.3 Å². The first kappa shape index (κ1) is 29.3. The molecule has 8 nitrogen and oxygen atoms in total. The van der Waals surface area contributed by atoms with Crippen molar-refractivity contribution < 1.29 is 19.4 Å². The van der Waals surface area contributed by atoms with Gasteiger partial charge in [0, 0.05) is 44.0 Å². The molecule has 0 bridgehead atoms. The van der Waals surface area contributed by atoms with E-state index in [4.69, 9.17) is 9.47 Å². The van der Waals surface area contributed by atoms with Crippen LogP contribution in [0.15, 0.2) is 109 Å². The minimum absolute atomic E-state index is 0.0808. The zero-order chi connectivity index (χ0) is 30.1. The number of pyridine rings is 2. The van der Waals surface area contributed by atoms with Crippen molar-refractivity contribution >= 4 is 16.7 Å². The molecule has 224 valence electrons. The zero-order valence-electron chi connectivity index (χ0n) is 24.5. The van der Waals surface area contributed by atoms with Crippen LogP contribution < -0.4 is 10.1 Å². The highest BCUT2D eigenvalue weighted by molar-refractivity contribution is 6.02. The number of hydrogen-bond donors (Lipinski definition) is 2. The fraction of sp³-hybridized carbons (Fsp3) is 0.250. The molecule has 0 spiro atoms. The van der Waals surface area contributed by atoms with Gasteiger partial charge in [0.05, 0.1) is 23.1 Å². The van der Waals surface area contributed by atoms with Crippen LogP contribution in [0, 0.1) is 0 Å². The highest BCUT2D eigenvalue weighted by atomic mass is 16.5.